The molecule has 0 atom stereocenters. The van der Waals surface area contributed by atoms with Crippen LogP contribution in [0.25, 0.3) is 22.4 Å². The van der Waals surface area contributed by atoms with Crippen molar-refractivity contribution in [1.29, 1.82) is 0 Å². The average molecular weight is 341 g/mol. The molecule has 9 heteroatoms. The van der Waals surface area contributed by atoms with Crippen LogP contribution in [0.4, 0.5) is 10.3 Å². The van der Waals surface area contributed by atoms with Crippen LogP contribution in [-0.4, -0.2) is 14.2 Å². The lowest BCUT2D eigenvalue weighted by molar-refractivity contribution is 0.628. The topological polar surface area (TPSA) is 130 Å². The summed E-state index contributed by atoms with van der Waals surface area (Å²) < 4.78 is 15.7. The van der Waals surface area contributed by atoms with E-state index in [-0.39, 0.29) is 22.8 Å². The van der Waals surface area contributed by atoms with Gasteiger partial charge in [0.2, 0.25) is 11.5 Å². The van der Waals surface area contributed by atoms with Gasteiger partial charge in [0.05, 0.1) is 11.3 Å². The van der Waals surface area contributed by atoms with Crippen molar-refractivity contribution in [3.63, 3.8) is 0 Å². The summed E-state index contributed by atoms with van der Waals surface area (Å²) >= 11 is 0. The van der Waals surface area contributed by atoms with Crippen molar-refractivity contribution in [2.24, 2.45) is 18.0 Å². The zero-order valence-electron chi connectivity index (χ0n) is 13.3. The van der Waals surface area contributed by atoms with Gasteiger partial charge in [-0.2, -0.15) is 5.10 Å². The van der Waals surface area contributed by atoms with Gasteiger partial charge in [0.25, 0.3) is 0 Å². The Morgan fingerprint density at radius 3 is 2.36 bits per heavy atom. The van der Waals surface area contributed by atoms with Gasteiger partial charge >= 0.3 is 0 Å². The zero-order chi connectivity index (χ0) is 18.1. The highest BCUT2D eigenvalue weighted by atomic mass is 19.1. The molecule has 0 fully saturated rings. The second-order valence-corrected chi connectivity index (χ2v) is 5.39. The lowest BCUT2D eigenvalue weighted by atomic mass is 10.0. The van der Waals surface area contributed by atoms with Crippen LogP contribution in [0, 0.1) is 5.82 Å². The fourth-order valence-electron chi connectivity index (χ4n) is 2.51. The lowest BCUT2D eigenvalue weighted by Crippen LogP contribution is -2.34. The molecule has 1 aromatic carbocycles. The highest BCUT2D eigenvalue weighted by Crippen LogP contribution is 2.28. The molecule has 0 bridgehead atoms. The maximum absolute atomic E-state index is 13.3. The summed E-state index contributed by atoms with van der Waals surface area (Å²) in [5, 5.41) is 3.72. The van der Waals surface area contributed by atoms with E-state index in [2.05, 4.69) is 10.1 Å². The second-order valence-electron chi connectivity index (χ2n) is 5.39. The number of halogens is 1. The largest absolute Gasteiger partial charge is 0.368 e. The maximum Gasteiger partial charge on any atom is 0.250 e. The van der Waals surface area contributed by atoms with E-state index >= 15 is 0 Å². The van der Waals surface area contributed by atoms with Crippen LogP contribution in [0.3, 0.4) is 0 Å². The molecule has 8 nitrogen and oxygen atoms in total. The third-order valence-corrected chi connectivity index (χ3v) is 3.78. The monoisotopic (exact) mass is 341 g/mol. The number of benzene rings is 1. The minimum atomic E-state index is -0.381. The first-order valence-electron chi connectivity index (χ1n) is 7.27. The van der Waals surface area contributed by atoms with Crippen molar-refractivity contribution in [2.45, 2.75) is 0 Å². The molecule has 0 saturated heterocycles. The number of hydrogen-bond acceptors (Lipinski definition) is 6. The van der Waals surface area contributed by atoms with Crippen LogP contribution in [0.1, 0.15) is 0 Å². The van der Waals surface area contributed by atoms with Gasteiger partial charge in [-0.15, -0.1) is 0 Å². The van der Waals surface area contributed by atoms with Crippen LogP contribution in [-0.2, 0) is 7.05 Å². The number of nitrogens with two attached hydrogens (primary N) is 3. The van der Waals surface area contributed by atoms with E-state index in [0.717, 1.165) is 4.68 Å². The van der Waals surface area contributed by atoms with Crippen molar-refractivity contribution in [1.82, 2.24) is 14.2 Å². The number of anilines is 1. The summed E-state index contributed by atoms with van der Waals surface area (Å²) in [6.45, 7) is 0. The number of aromatic nitrogens is 3. The highest BCUT2D eigenvalue weighted by molar-refractivity contribution is 5.80. The van der Waals surface area contributed by atoms with Crippen LogP contribution in [0.5, 0.6) is 0 Å². The standard InChI is InChI=1S/C16H16FN7O/c1-23-8-10(4-7-12(23)25)13-14(9-2-5-11(17)6-3-9)21-16(18)24(20)15(13)22-19/h2-8H,19-20H2,1H3,(H2,18,21)/b22-15-. The molecule has 0 aliphatic heterocycles. The van der Waals surface area contributed by atoms with Crippen molar-refractivity contribution in [3.8, 4) is 22.4 Å². The van der Waals surface area contributed by atoms with Crippen molar-refractivity contribution in [2.75, 3.05) is 11.6 Å². The second kappa shape index (κ2) is 6.11. The van der Waals surface area contributed by atoms with Crippen LogP contribution < -0.4 is 28.5 Å². The molecule has 3 rings (SSSR count). The fourth-order valence-corrected chi connectivity index (χ4v) is 2.51. The molecule has 2 aromatic heterocycles. The number of nitrogen functional groups attached to an aromatic ring is 2. The van der Waals surface area contributed by atoms with E-state index in [0.29, 0.717) is 22.4 Å². The van der Waals surface area contributed by atoms with Crippen LogP contribution >= 0.6 is 0 Å². The molecule has 0 radical (unpaired) electrons. The molecule has 0 aliphatic carbocycles. The van der Waals surface area contributed by atoms with Crippen molar-refractivity contribution < 1.29 is 4.39 Å². The zero-order valence-corrected chi connectivity index (χ0v) is 13.3. The van der Waals surface area contributed by atoms with Gasteiger partial charge in [-0.3, -0.25) is 4.79 Å². The molecule has 0 spiro atoms. The Balaban J connectivity index is 2.42. The minimum absolute atomic E-state index is 0.0166. The molecule has 0 amide bonds. The number of rotatable bonds is 2. The highest BCUT2D eigenvalue weighted by Gasteiger charge is 2.17. The Kier molecular flexibility index (Phi) is 3.97. The normalized spacial score (nSPS) is 11.7. The smallest absolute Gasteiger partial charge is 0.250 e. The summed E-state index contributed by atoms with van der Waals surface area (Å²) in [6.07, 6.45) is 1.61. The summed E-state index contributed by atoms with van der Waals surface area (Å²) in [5.74, 6) is 11.0. The van der Waals surface area contributed by atoms with Gasteiger partial charge in [0, 0.05) is 30.4 Å². The van der Waals surface area contributed by atoms with Gasteiger partial charge in [-0.1, -0.05) is 0 Å². The molecular weight excluding hydrogens is 325 g/mol. The Morgan fingerprint density at radius 2 is 1.76 bits per heavy atom. The molecule has 3 aromatic rings. The molecule has 0 aliphatic rings. The van der Waals surface area contributed by atoms with Gasteiger partial charge in [0.15, 0.2) is 5.49 Å². The van der Waals surface area contributed by atoms with Crippen LogP contribution in [0.2, 0.25) is 0 Å². The van der Waals surface area contributed by atoms with E-state index < -0.39 is 0 Å². The third-order valence-electron chi connectivity index (χ3n) is 3.78. The summed E-state index contributed by atoms with van der Waals surface area (Å²) in [5.41, 5.74) is 7.94. The molecule has 6 N–H and O–H groups in total. The van der Waals surface area contributed by atoms with Gasteiger partial charge < -0.3 is 22.0 Å². The molecular formula is C16H16FN7O. The van der Waals surface area contributed by atoms with Crippen LogP contribution in [0.15, 0.2) is 52.5 Å². The summed E-state index contributed by atoms with van der Waals surface area (Å²) in [7, 11) is 1.61. The van der Waals surface area contributed by atoms with E-state index in [1.807, 2.05) is 0 Å². The quantitative estimate of drug-likeness (QED) is 0.450. The maximum atomic E-state index is 13.3. The first kappa shape index (κ1) is 16.2. The number of pyridine rings is 1. The summed E-state index contributed by atoms with van der Waals surface area (Å²) in [4.78, 5) is 16.0. The predicted molar refractivity (Wildman–Crippen MR) is 92.6 cm³/mol. The number of nitrogens with zero attached hydrogens (tertiary/aromatic N) is 4. The molecule has 0 unspecified atom stereocenters. The SMILES string of the molecule is Cn1cc(-c2c(-c3ccc(F)cc3)nc(N)n(N)/c2=N\N)ccc1=O. The first-order valence-corrected chi connectivity index (χ1v) is 7.27. The van der Waals surface area contributed by atoms with E-state index in [1.165, 1.54) is 22.8 Å². The molecule has 25 heavy (non-hydrogen) atoms. The Morgan fingerprint density at radius 1 is 1.12 bits per heavy atom. The summed E-state index contributed by atoms with van der Waals surface area (Å²) in [6, 6.07) is 8.74. The van der Waals surface area contributed by atoms with Crippen molar-refractivity contribution >= 4 is 5.95 Å². The third kappa shape index (κ3) is 2.82. The average Bonchev–Trinajstić information content (AvgIpc) is 2.60. The fraction of sp³-hybridized carbons (Fsp3) is 0.0625. The van der Waals surface area contributed by atoms with E-state index in [9.17, 15) is 9.18 Å². The Hall–Kier alpha value is -3.62. The Labute approximate surface area is 141 Å². The molecule has 0 saturated carbocycles. The number of hydrogen-bond donors (Lipinski definition) is 3. The molecule has 2 heterocycles. The lowest BCUT2D eigenvalue weighted by Gasteiger charge is -2.14. The minimum Gasteiger partial charge on any atom is -0.368 e. The molecule has 128 valence electrons. The van der Waals surface area contributed by atoms with E-state index in [4.69, 9.17) is 17.4 Å². The van der Waals surface area contributed by atoms with Gasteiger partial charge in [-0.05, 0) is 30.3 Å². The van der Waals surface area contributed by atoms with Crippen molar-refractivity contribution in [3.05, 3.63) is 64.3 Å². The Bertz CT molecular complexity index is 1070. The number of aryl methyl sites for hydroxylation is 1. The van der Waals surface area contributed by atoms with E-state index in [1.54, 1.807) is 31.4 Å². The first-order chi connectivity index (χ1) is 11.9. The van der Waals surface area contributed by atoms with Gasteiger partial charge in [0.1, 0.15) is 5.82 Å². The van der Waals surface area contributed by atoms with Gasteiger partial charge in [-0.25, -0.2) is 14.1 Å². The predicted octanol–water partition coefficient (Wildman–Crippen LogP) is 0.125.